The predicted octanol–water partition coefficient (Wildman–Crippen LogP) is 10.4. The van der Waals surface area contributed by atoms with Crippen molar-refractivity contribution in [2.24, 2.45) is 0 Å². The van der Waals surface area contributed by atoms with Gasteiger partial charge in [0, 0.05) is 26.3 Å². The van der Waals surface area contributed by atoms with Gasteiger partial charge in [-0.1, -0.05) is 60.3 Å². The summed E-state index contributed by atoms with van der Waals surface area (Å²) >= 11 is 1.90. The summed E-state index contributed by atoms with van der Waals surface area (Å²) in [6.45, 7) is 8.83. The number of hydrogen-bond acceptors (Lipinski definition) is 3. The van der Waals surface area contributed by atoms with Crippen LogP contribution in [0, 0.1) is 27.7 Å². The molecular formula is C34H27NOS. The van der Waals surface area contributed by atoms with E-state index < -0.39 is 0 Å². The molecule has 0 saturated carbocycles. The van der Waals surface area contributed by atoms with Crippen LogP contribution in [0.25, 0.3) is 33.1 Å². The van der Waals surface area contributed by atoms with Crippen molar-refractivity contribution < 1.29 is 4.42 Å². The topological polar surface area (TPSA) is 16.4 Å². The van der Waals surface area contributed by atoms with Crippen LogP contribution in [0.2, 0.25) is 0 Å². The molecule has 2 heterocycles. The summed E-state index contributed by atoms with van der Waals surface area (Å²) in [5, 5.41) is 2.31. The minimum absolute atomic E-state index is 0.925. The zero-order valence-corrected chi connectivity index (χ0v) is 22.2. The van der Waals surface area contributed by atoms with Gasteiger partial charge < -0.3 is 9.32 Å². The van der Waals surface area contributed by atoms with E-state index in [1.54, 1.807) is 0 Å². The number of benzene rings is 5. The fourth-order valence-corrected chi connectivity index (χ4v) is 6.86. The highest BCUT2D eigenvalue weighted by molar-refractivity contribution is 7.99. The molecule has 0 radical (unpaired) electrons. The molecule has 37 heavy (non-hydrogen) atoms. The Labute approximate surface area is 221 Å². The number of anilines is 3. The lowest BCUT2D eigenvalue weighted by molar-refractivity contribution is 0.669. The lowest BCUT2D eigenvalue weighted by atomic mass is 10.0. The normalized spacial score (nSPS) is 12.7. The second kappa shape index (κ2) is 8.29. The zero-order valence-electron chi connectivity index (χ0n) is 21.4. The maximum absolute atomic E-state index is 6.07. The Hall–Kier alpha value is -3.95. The standard InChI is InChI=1S/C34H27NOS/c1-20-14-22(3)33-29(16-20)35(30-17-21(2)15-23(4)34(30)37-33)26-9-7-8-24(18-26)25-12-13-32-28(19-25)27-10-5-6-11-31(27)36-32/h5-19H,1-4H3. The van der Waals surface area contributed by atoms with Crippen molar-refractivity contribution in [2.45, 2.75) is 37.5 Å². The van der Waals surface area contributed by atoms with Gasteiger partial charge in [0.2, 0.25) is 0 Å². The molecule has 0 fully saturated rings. The summed E-state index contributed by atoms with van der Waals surface area (Å²) < 4.78 is 6.07. The van der Waals surface area contributed by atoms with Gasteiger partial charge in [-0.05, 0) is 104 Å². The average molecular weight is 498 g/mol. The monoisotopic (exact) mass is 497 g/mol. The predicted molar refractivity (Wildman–Crippen MR) is 157 cm³/mol. The van der Waals surface area contributed by atoms with Gasteiger partial charge in [0.1, 0.15) is 11.2 Å². The Morgan fingerprint density at radius 2 is 1.22 bits per heavy atom. The summed E-state index contributed by atoms with van der Waals surface area (Å²) in [6, 6.07) is 33.0. The van der Waals surface area contributed by atoms with E-state index in [0.717, 1.165) is 21.9 Å². The van der Waals surface area contributed by atoms with E-state index in [0.29, 0.717) is 0 Å². The van der Waals surface area contributed by atoms with Gasteiger partial charge in [-0.3, -0.25) is 0 Å². The molecular weight excluding hydrogens is 470 g/mol. The first kappa shape index (κ1) is 22.3. The first-order valence-corrected chi connectivity index (χ1v) is 13.5. The van der Waals surface area contributed by atoms with Crippen LogP contribution in [-0.2, 0) is 0 Å². The first-order valence-electron chi connectivity index (χ1n) is 12.7. The first-order chi connectivity index (χ1) is 18.0. The van der Waals surface area contributed by atoms with Crippen molar-refractivity contribution >= 4 is 50.8 Å². The number of fused-ring (bicyclic) bond motifs is 5. The zero-order chi connectivity index (χ0) is 25.3. The maximum atomic E-state index is 6.07. The smallest absolute Gasteiger partial charge is 0.135 e. The van der Waals surface area contributed by atoms with Crippen LogP contribution in [0.3, 0.4) is 0 Å². The second-order valence-corrected chi connectivity index (χ2v) is 11.2. The van der Waals surface area contributed by atoms with E-state index >= 15 is 0 Å². The number of rotatable bonds is 2. The average Bonchev–Trinajstić information content (AvgIpc) is 3.26. The lowest BCUT2D eigenvalue weighted by Crippen LogP contribution is -2.16. The van der Waals surface area contributed by atoms with Gasteiger partial charge in [-0.25, -0.2) is 0 Å². The fourth-order valence-electron chi connectivity index (χ4n) is 5.70. The fraction of sp³-hybridized carbons (Fsp3) is 0.118. The van der Waals surface area contributed by atoms with Crippen molar-refractivity contribution in [3.8, 4) is 11.1 Å². The van der Waals surface area contributed by atoms with Crippen LogP contribution < -0.4 is 4.90 Å². The number of hydrogen-bond donors (Lipinski definition) is 0. The van der Waals surface area contributed by atoms with Crippen molar-refractivity contribution in [3.63, 3.8) is 0 Å². The third-order valence-electron chi connectivity index (χ3n) is 7.30. The molecule has 2 nitrogen and oxygen atoms in total. The molecule has 0 saturated heterocycles. The van der Waals surface area contributed by atoms with Crippen LogP contribution in [0.15, 0.2) is 105 Å². The molecule has 0 unspecified atom stereocenters. The molecule has 5 aromatic carbocycles. The van der Waals surface area contributed by atoms with E-state index in [1.165, 1.54) is 60.2 Å². The molecule has 0 bridgehead atoms. The van der Waals surface area contributed by atoms with Crippen molar-refractivity contribution in [1.29, 1.82) is 0 Å². The molecule has 1 aromatic heterocycles. The molecule has 6 aromatic rings. The van der Waals surface area contributed by atoms with Gasteiger partial charge in [-0.15, -0.1) is 0 Å². The molecule has 180 valence electrons. The molecule has 0 amide bonds. The molecule has 0 aliphatic carbocycles. The second-order valence-electron chi connectivity index (χ2n) is 10.2. The minimum atomic E-state index is 0.925. The summed E-state index contributed by atoms with van der Waals surface area (Å²) in [4.78, 5) is 5.12. The number of nitrogens with zero attached hydrogens (tertiary/aromatic N) is 1. The molecule has 1 aliphatic rings. The van der Waals surface area contributed by atoms with Crippen LogP contribution in [0.4, 0.5) is 17.1 Å². The summed E-state index contributed by atoms with van der Waals surface area (Å²) in [7, 11) is 0. The quantitative estimate of drug-likeness (QED) is 0.236. The summed E-state index contributed by atoms with van der Waals surface area (Å²) in [5.41, 5.74) is 13.1. The van der Waals surface area contributed by atoms with Crippen LogP contribution in [-0.4, -0.2) is 0 Å². The molecule has 0 atom stereocenters. The van der Waals surface area contributed by atoms with Crippen molar-refractivity contribution in [1.82, 2.24) is 0 Å². The van der Waals surface area contributed by atoms with Crippen LogP contribution in [0.5, 0.6) is 0 Å². The highest BCUT2D eigenvalue weighted by Crippen LogP contribution is 2.54. The lowest BCUT2D eigenvalue weighted by Gasteiger charge is -2.35. The third-order valence-corrected chi connectivity index (χ3v) is 8.77. The number of aryl methyl sites for hydroxylation is 4. The largest absolute Gasteiger partial charge is 0.456 e. The molecule has 1 aliphatic heterocycles. The van der Waals surface area contributed by atoms with Gasteiger partial charge in [-0.2, -0.15) is 0 Å². The van der Waals surface area contributed by atoms with E-state index in [1.807, 2.05) is 23.9 Å². The third kappa shape index (κ3) is 3.57. The summed E-state index contributed by atoms with van der Waals surface area (Å²) in [5.74, 6) is 0. The van der Waals surface area contributed by atoms with Gasteiger partial charge >= 0.3 is 0 Å². The highest BCUT2D eigenvalue weighted by atomic mass is 32.2. The minimum Gasteiger partial charge on any atom is -0.456 e. The van der Waals surface area contributed by atoms with Gasteiger partial charge in [0.15, 0.2) is 0 Å². The Balaban J connectivity index is 1.43. The van der Waals surface area contributed by atoms with Crippen LogP contribution >= 0.6 is 11.8 Å². The van der Waals surface area contributed by atoms with Crippen molar-refractivity contribution in [2.75, 3.05) is 4.90 Å². The van der Waals surface area contributed by atoms with E-state index in [-0.39, 0.29) is 0 Å². The SMILES string of the molecule is Cc1cc(C)c2c(c1)N(c1cccc(-c3ccc4oc5ccccc5c4c3)c1)c1cc(C)cc(C)c1S2. The van der Waals surface area contributed by atoms with Gasteiger partial charge in [0.05, 0.1) is 11.4 Å². The molecule has 0 spiro atoms. The molecule has 7 rings (SSSR count). The summed E-state index contributed by atoms with van der Waals surface area (Å²) in [6.07, 6.45) is 0. The molecule has 3 heteroatoms. The van der Waals surface area contributed by atoms with Gasteiger partial charge in [0.25, 0.3) is 0 Å². The van der Waals surface area contributed by atoms with E-state index in [4.69, 9.17) is 4.42 Å². The maximum Gasteiger partial charge on any atom is 0.135 e. The highest BCUT2D eigenvalue weighted by Gasteiger charge is 2.28. The number of para-hydroxylation sites is 1. The van der Waals surface area contributed by atoms with Crippen LogP contribution in [0.1, 0.15) is 22.3 Å². The van der Waals surface area contributed by atoms with E-state index in [2.05, 4.69) is 111 Å². The Morgan fingerprint density at radius 1 is 0.568 bits per heavy atom. The Morgan fingerprint density at radius 3 is 1.95 bits per heavy atom. The Kier molecular flexibility index (Phi) is 4.99. The molecule has 0 N–H and O–H groups in total. The van der Waals surface area contributed by atoms with E-state index in [9.17, 15) is 0 Å². The number of furan rings is 1. The Bertz CT molecular complexity index is 1800. The van der Waals surface area contributed by atoms with Crippen molar-refractivity contribution in [3.05, 3.63) is 113 Å².